The van der Waals surface area contributed by atoms with Crippen LogP contribution in [0.2, 0.25) is 0 Å². The molecule has 0 aromatic carbocycles. The molecule has 0 unspecified atom stereocenters. The molecule has 0 nitrogen and oxygen atoms in total. The van der Waals surface area contributed by atoms with Crippen molar-refractivity contribution in [2.24, 2.45) is 0 Å². The minimum Gasteiger partial charge on any atom is -0.171 e. The maximum absolute atomic E-state index is 4.71. The highest BCUT2D eigenvalue weighted by Gasteiger charge is 2.55. The monoisotopic (exact) mass is 264 g/mol. The van der Waals surface area contributed by atoms with E-state index in [4.69, 9.17) is 12.6 Å². The van der Waals surface area contributed by atoms with Gasteiger partial charge in [-0.3, -0.25) is 0 Å². The third kappa shape index (κ3) is 4.43. The van der Waals surface area contributed by atoms with Gasteiger partial charge in [-0.1, -0.05) is 67.0 Å². The Hall–Kier alpha value is 1.05. The minimum absolute atomic E-state index is 0.172. The van der Waals surface area contributed by atoms with Crippen LogP contribution in [0.1, 0.15) is 65.7 Å². The van der Waals surface area contributed by atoms with E-state index in [2.05, 4.69) is 20.8 Å². The van der Waals surface area contributed by atoms with E-state index in [1.54, 1.807) is 0 Å². The maximum Gasteiger partial charge on any atom is 0.0956 e. The van der Waals surface area contributed by atoms with Gasteiger partial charge in [-0.05, 0) is 20.3 Å². The van der Waals surface area contributed by atoms with E-state index in [1.807, 2.05) is 21.6 Å². The first-order valence-corrected chi connectivity index (χ1v) is 8.71. The molecule has 0 N–H and O–H groups in total. The van der Waals surface area contributed by atoms with Crippen molar-refractivity contribution in [1.82, 2.24) is 0 Å². The molecule has 15 heavy (non-hydrogen) atoms. The maximum atomic E-state index is 4.71. The predicted octanol–water partition coefficient (Wildman–Crippen LogP) is 5.54. The molecule has 0 amide bonds. The first-order chi connectivity index (χ1) is 7.02. The molecule has 1 heterocycles. The minimum atomic E-state index is 0.172. The van der Waals surface area contributed by atoms with Crippen molar-refractivity contribution in [3.63, 3.8) is 0 Å². The Morgan fingerprint density at radius 3 is 2.00 bits per heavy atom. The van der Waals surface area contributed by atoms with Crippen LogP contribution in [0.15, 0.2) is 0 Å². The molecule has 0 saturated carbocycles. The van der Waals surface area contributed by atoms with Crippen molar-refractivity contribution in [1.29, 1.82) is 0 Å². The van der Waals surface area contributed by atoms with Gasteiger partial charge in [0.05, 0.1) is 4.08 Å². The van der Waals surface area contributed by atoms with Gasteiger partial charge in [-0.15, -0.1) is 0 Å². The van der Waals surface area contributed by atoms with Crippen molar-refractivity contribution in [3.8, 4) is 0 Å². The summed E-state index contributed by atoms with van der Waals surface area (Å²) in [7, 11) is 4.06. The molecule has 0 aliphatic carbocycles. The molecule has 0 aromatic heterocycles. The van der Waals surface area contributed by atoms with E-state index >= 15 is 0 Å². The fourth-order valence-electron chi connectivity index (χ4n) is 1.78. The average molecular weight is 265 g/mol. The van der Waals surface area contributed by atoms with Crippen molar-refractivity contribution in [3.05, 3.63) is 0 Å². The van der Waals surface area contributed by atoms with Crippen LogP contribution in [0.25, 0.3) is 0 Å². The second-order valence-corrected chi connectivity index (χ2v) is 9.10. The summed E-state index contributed by atoms with van der Waals surface area (Å²) in [6, 6.07) is 0. The summed E-state index contributed by atoms with van der Waals surface area (Å²) in [5.74, 6) is 0. The largest absolute Gasteiger partial charge is 0.171 e. The highest BCUT2D eigenvalue weighted by molar-refractivity contribution is 8.93. The third-order valence-corrected chi connectivity index (χ3v) is 7.47. The van der Waals surface area contributed by atoms with Gasteiger partial charge in [0, 0.05) is 4.75 Å². The number of unbranched alkanes of at least 4 members (excludes halogenated alkanes) is 5. The number of hydrogen-bond acceptors (Lipinski definition) is 3. The summed E-state index contributed by atoms with van der Waals surface area (Å²) >= 11 is 4.71. The zero-order valence-corrected chi connectivity index (χ0v) is 12.7. The Kier molecular flexibility index (Phi) is 5.75. The Morgan fingerprint density at radius 2 is 1.53 bits per heavy atom. The van der Waals surface area contributed by atoms with Crippen LogP contribution in [-0.4, -0.2) is 8.83 Å². The summed E-state index contributed by atoms with van der Waals surface area (Å²) < 4.78 is 0.604. The molecule has 1 aliphatic rings. The van der Waals surface area contributed by atoms with Gasteiger partial charge >= 0.3 is 0 Å². The lowest BCUT2D eigenvalue weighted by molar-refractivity contribution is 0.535. The van der Waals surface area contributed by atoms with Gasteiger partial charge in [0.2, 0.25) is 0 Å². The van der Waals surface area contributed by atoms with Crippen molar-refractivity contribution >= 4 is 34.2 Å². The Morgan fingerprint density at radius 1 is 1.00 bits per heavy atom. The summed E-state index contributed by atoms with van der Waals surface area (Å²) in [6.45, 7) is 6.77. The predicted molar refractivity (Wildman–Crippen MR) is 79.0 cm³/mol. The highest BCUT2D eigenvalue weighted by atomic mass is 33.2. The Balaban J connectivity index is 2.05. The van der Waals surface area contributed by atoms with Crippen LogP contribution in [-0.2, 0) is 0 Å². The van der Waals surface area contributed by atoms with Crippen molar-refractivity contribution < 1.29 is 0 Å². The highest BCUT2D eigenvalue weighted by Crippen LogP contribution is 2.73. The first-order valence-electron chi connectivity index (χ1n) is 6.11. The van der Waals surface area contributed by atoms with Crippen LogP contribution < -0.4 is 0 Å². The number of rotatable bonds is 8. The van der Waals surface area contributed by atoms with Gasteiger partial charge in [-0.25, -0.2) is 0 Å². The van der Waals surface area contributed by atoms with E-state index in [9.17, 15) is 0 Å². The zero-order valence-electron chi connectivity index (χ0n) is 10.2. The molecule has 0 radical (unpaired) electrons. The smallest absolute Gasteiger partial charge is 0.0956 e. The first kappa shape index (κ1) is 14.1. The van der Waals surface area contributed by atoms with E-state index in [0.717, 1.165) is 0 Å². The van der Waals surface area contributed by atoms with Crippen LogP contribution in [0.3, 0.4) is 0 Å². The van der Waals surface area contributed by atoms with Crippen LogP contribution in [0.4, 0.5) is 0 Å². The molecular weight excluding hydrogens is 240 g/mol. The molecule has 1 saturated heterocycles. The second-order valence-electron chi connectivity index (χ2n) is 5.00. The second kappa shape index (κ2) is 6.11. The van der Waals surface area contributed by atoms with Gasteiger partial charge in [0.1, 0.15) is 0 Å². The number of thiol groups is 1. The van der Waals surface area contributed by atoms with E-state index < -0.39 is 0 Å². The van der Waals surface area contributed by atoms with Crippen LogP contribution >= 0.6 is 34.2 Å². The van der Waals surface area contributed by atoms with Crippen LogP contribution in [0, 0.1) is 0 Å². The van der Waals surface area contributed by atoms with Gasteiger partial charge < -0.3 is 0 Å². The quantitative estimate of drug-likeness (QED) is 0.265. The molecule has 0 atom stereocenters. The third-order valence-electron chi connectivity index (χ3n) is 3.08. The molecular formula is C12H24S3. The summed E-state index contributed by atoms with van der Waals surface area (Å²) in [5.41, 5.74) is 0. The fourth-order valence-corrected chi connectivity index (χ4v) is 5.55. The molecule has 90 valence electrons. The van der Waals surface area contributed by atoms with E-state index in [-0.39, 0.29) is 4.75 Å². The molecule has 0 spiro atoms. The van der Waals surface area contributed by atoms with Gasteiger partial charge in [0.25, 0.3) is 0 Å². The Bertz CT molecular complexity index is 180. The van der Waals surface area contributed by atoms with E-state index in [1.165, 1.54) is 44.9 Å². The van der Waals surface area contributed by atoms with Crippen molar-refractivity contribution in [2.45, 2.75) is 74.5 Å². The molecule has 1 aliphatic heterocycles. The SMILES string of the molecule is CCCCCCCCC1(C(C)(C)S)SS1. The number of hydrogen-bond donors (Lipinski definition) is 1. The molecule has 0 bridgehead atoms. The molecule has 1 rings (SSSR count). The lowest BCUT2D eigenvalue weighted by atomic mass is 10.0. The lowest BCUT2D eigenvalue weighted by Gasteiger charge is -2.26. The normalized spacial score (nSPS) is 19.2. The molecule has 0 aromatic rings. The lowest BCUT2D eigenvalue weighted by Crippen LogP contribution is -2.30. The van der Waals surface area contributed by atoms with Gasteiger partial charge in [-0.2, -0.15) is 12.6 Å². The zero-order chi connectivity index (χ0) is 11.4. The van der Waals surface area contributed by atoms with Gasteiger partial charge in [0.15, 0.2) is 0 Å². The fraction of sp³-hybridized carbons (Fsp3) is 1.00. The average Bonchev–Trinajstić information content (AvgIpc) is 2.91. The molecule has 1 fully saturated rings. The van der Waals surface area contributed by atoms with Crippen molar-refractivity contribution in [2.75, 3.05) is 0 Å². The topological polar surface area (TPSA) is 0 Å². The summed E-state index contributed by atoms with van der Waals surface area (Å²) in [6.07, 6.45) is 9.73. The van der Waals surface area contributed by atoms with E-state index in [0.29, 0.717) is 4.08 Å². The Labute approximate surface area is 109 Å². The van der Waals surface area contributed by atoms with Crippen LogP contribution in [0.5, 0.6) is 0 Å². The molecule has 3 heteroatoms. The summed E-state index contributed by atoms with van der Waals surface area (Å²) in [5, 5.41) is 0. The summed E-state index contributed by atoms with van der Waals surface area (Å²) in [4.78, 5) is 0. The standard InChI is InChI=1S/C12H24S3/c1-4-5-6-7-8-9-10-12(14-15-12)11(2,3)13/h13H,4-10H2,1-3H3.